The second kappa shape index (κ2) is 11.8. The highest BCUT2D eigenvalue weighted by atomic mass is 32.2. The lowest BCUT2D eigenvalue weighted by Gasteiger charge is -2.53. The SMILES string of the molecule is Cc1onc(-c2ccc(C(=O)OC3CCC4C5CCC6=CC(=O)CCC6C5CCC34C)cc2)c1C(=O)NC1C(=O)N2C1SC(C)(C)C2C(=O)O. The number of esters is 1. The number of aliphatic carboxylic acids is 1. The molecule has 2 aromatic rings. The zero-order valence-electron chi connectivity index (χ0n) is 28.8. The number of amides is 2. The molecule has 12 heteroatoms. The minimum atomic E-state index is -1.07. The minimum Gasteiger partial charge on any atom is -0.480 e. The van der Waals surface area contributed by atoms with Crippen LogP contribution in [0.4, 0.5) is 0 Å². The summed E-state index contributed by atoms with van der Waals surface area (Å²) in [7, 11) is 0. The molecular formula is C38H43N3O8S. The molecule has 9 atom stereocenters. The van der Waals surface area contributed by atoms with Gasteiger partial charge in [-0.2, -0.15) is 0 Å². The predicted molar refractivity (Wildman–Crippen MR) is 183 cm³/mol. The van der Waals surface area contributed by atoms with Crippen LogP contribution in [0.3, 0.4) is 0 Å². The van der Waals surface area contributed by atoms with Crippen LogP contribution in [0.15, 0.2) is 40.4 Å². The Bertz CT molecular complexity index is 1830. The fraction of sp³-hybridized carbons (Fsp3) is 0.579. The fourth-order valence-electron chi connectivity index (χ4n) is 10.5. The van der Waals surface area contributed by atoms with Crippen molar-refractivity contribution < 1.29 is 38.3 Å². The lowest BCUT2D eigenvalue weighted by Crippen LogP contribution is -2.70. The average Bonchev–Trinajstić information content (AvgIpc) is 3.71. The summed E-state index contributed by atoms with van der Waals surface area (Å²) in [5.74, 6) is 0.405. The quantitative estimate of drug-likeness (QED) is 0.289. The van der Waals surface area contributed by atoms with Crippen molar-refractivity contribution >= 4 is 41.3 Å². The van der Waals surface area contributed by atoms with Gasteiger partial charge in [0.15, 0.2) is 5.78 Å². The van der Waals surface area contributed by atoms with Gasteiger partial charge in [-0.15, -0.1) is 11.8 Å². The number of carbonyl (C=O) groups is 5. The first-order valence-electron chi connectivity index (χ1n) is 17.8. The second-order valence-corrected chi connectivity index (χ2v) is 17.7. The molecule has 3 saturated carbocycles. The van der Waals surface area contributed by atoms with Crippen LogP contribution in [-0.2, 0) is 19.1 Å². The van der Waals surface area contributed by atoms with Crippen LogP contribution in [0.2, 0.25) is 0 Å². The Hall–Kier alpha value is -3.93. The molecule has 9 unspecified atom stereocenters. The summed E-state index contributed by atoms with van der Waals surface area (Å²) in [6.07, 6.45) is 9.58. The molecule has 2 amide bonds. The van der Waals surface area contributed by atoms with Crippen molar-refractivity contribution in [2.24, 2.45) is 29.1 Å². The lowest BCUT2D eigenvalue weighted by molar-refractivity contribution is -0.159. The molecule has 50 heavy (non-hydrogen) atoms. The van der Waals surface area contributed by atoms with Gasteiger partial charge in [0.1, 0.15) is 40.6 Å². The van der Waals surface area contributed by atoms with E-state index in [0.717, 1.165) is 44.9 Å². The first kappa shape index (κ1) is 33.2. The van der Waals surface area contributed by atoms with Crippen LogP contribution in [-0.4, -0.2) is 73.0 Å². The largest absolute Gasteiger partial charge is 0.480 e. The Morgan fingerprint density at radius 1 is 1.02 bits per heavy atom. The summed E-state index contributed by atoms with van der Waals surface area (Å²) in [6, 6.07) is 4.92. The van der Waals surface area contributed by atoms with Gasteiger partial charge in [0.2, 0.25) is 5.91 Å². The molecular weight excluding hydrogens is 658 g/mol. The van der Waals surface area contributed by atoms with Crippen LogP contribution in [0.25, 0.3) is 11.3 Å². The Kier molecular flexibility index (Phi) is 7.85. The van der Waals surface area contributed by atoms with E-state index in [1.54, 1.807) is 45.0 Å². The molecule has 0 radical (unpaired) electrons. The first-order chi connectivity index (χ1) is 23.8. The monoisotopic (exact) mass is 701 g/mol. The summed E-state index contributed by atoms with van der Waals surface area (Å²) in [6.45, 7) is 7.48. The highest BCUT2D eigenvalue weighted by Crippen LogP contribution is 2.62. The van der Waals surface area contributed by atoms with E-state index in [1.165, 1.54) is 22.2 Å². The molecule has 8 rings (SSSR count). The number of nitrogens with one attached hydrogen (secondary N) is 1. The first-order valence-corrected chi connectivity index (χ1v) is 18.7. The molecule has 11 nitrogen and oxygen atoms in total. The molecule has 6 aliphatic rings. The summed E-state index contributed by atoms with van der Waals surface area (Å²) >= 11 is 1.35. The van der Waals surface area contributed by atoms with E-state index < -0.39 is 40.0 Å². The van der Waals surface area contributed by atoms with E-state index in [1.807, 2.05) is 6.08 Å². The maximum atomic E-state index is 13.5. The van der Waals surface area contributed by atoms with Gasteiger partial charge in [-0.3, -0.25) is 14.4 Å². The molecule has 0 spiro atoms. The van der Waals surface area contributed by atoms with Crippen molar-refractivity contribution in [3.8, 4) is 11.3 Å². The zero-order chi connectivity index (χ0) is 35.3. The van der Waals surface area contributed by atoms with E-state index in [0.29, 0.717) is 41.2 Å². The Labute approximate surface area is 294 Å². The van der Waals surface area contributed by atoms with Gasteiger partial charge in [-0.25, -0.2) is 9.59 Å². The Morgan fingerprint density at radius 3 is 2.52 bits per heavy atom. The Morgan fingerprint density at radius 2 is 1.78 bits per heavy atom. The molecule has 2 saturated heterocycles. The van der Waals surface area contributed by atoms with Gasteiger partial charge in [0.25, 0.3) is 5.91 Å². The Balaban J connectivity index is 0.930. The van der Waals surface area contributed by atoms with Crippen molar-refractivity contribution in [3.05, 3.63) is 52.8 Å². The maximum absolute atomic E-state index is 13.5. The standard InChI is InChI=1S/C38H43N3O8S/c1-18-28(32(43)39-30-33(44)41-31(35(45)46)37(2,3)50-34(30)41)29(40-49-18)19-5-7-20(8-6-19)36(47)48-27-14-13-26-25-11-9-21-17-22(42)10-12-23(21)24(25)15-16-38(26,27)4/h5-8,17,23-27,30-31,34H,9-16H2,1-4H3,(H,39,43)(H,45,46). The number of β-lactam (4-membered cyclic amide) rings is 1. The van der Waals surface area contributed by atoms with Crippen LogP contribution >= 0.6 is 11.8 Å². The lowest BCUT2D eigenvalue weighted by atomic mass is 9.52. The van der Waals surface area contributed by atoms with Gasteiger partial charge in [-0.1, -0.05) is 29.8 Å². The number of hydrogen-bond donors (Lipinski definition) is 2. The molecule has 2 aliphatic heterocycles. The highest BCUT2D eigenvalue weighted by molar-refractivity contribution is 8.01. The summed E-state index contributed by atoms with van der Waals surface area (Å²) in [5, 5.41) is 16.1. The van der Waals surface area contributed by atoms with E-state index in [9.17, 15) is 29.1 Å². The van der Waals surface area contributed by atoms with E-state index in [-0.39, 0.29) is 40.3 Å². The smallest absolute Gasteiger partial charge is 0.338 e. The third-order valence-electron chi connectivity index (χ3n) is 12.9. The summed E-state index contributed by atoms with van der Waals surface area (Å²) in [5.41, 5.74) is 2.74. The number of rotatable bonds is 6. The van der Waals surface area contributed by atoms with E-state index in [2.05, 4.69) is 17.4 Å². The van der Waals surface area contributed by atoms with Gasteiger partial charge in [0, 0.05) is 22.1 Å². The maximum Gasteiger partial charge on any atom is 0.338 e. The topological polar surface area (TPSA) is 156 Å². The number of benzene rings is 1. The normalized spacial score (nSPS) is 35.2. The molecule has 0 bridgehead atoms. The van der Waals surface area contributed by atoms with Gasteiger partial charge in [-0.05, 0) is 108 Å². The van der Waals surface area contributed by atoms with E-state index in [4.69, 9.17) is 9.26 Å². The van der Waals surface area contributed by atoms with Crippen LogP contribution < -0.4 is 5.32 Å². The van der Waals surface area contributed by atoms with Crippen molar-refractivity contribution in [3.63, 3.8) is 0 Å². The number of thioether (sulfide) groups is 1. The average molecular weight is 702 g/mol. The number of aromatic nitrogens is 1. The summed E-state index contributed by atoms with van der Waals surface area (Å²) < 4.78 is 10.9. The number of carboxylic acid groups (broad SMARTS) is 1. The number of nitrogens with zero attached hydrogens (tertiary/aromatic N) is 2. The van der Waals surface area contributed by atoms with Crippen LogP contribution in [0.5, 0.6) is 0 Å². The third kappa shape index (κ3) is 5.06. The van der Waals surface area contributed by atoms with Crippen molar-refractivity contribution in [1.82, 2.24) is 15.4 Å². The number of ether oxygens (including phenoxy) is 1. The number of ketones is 1. The molecule has 264 valence electrons. The molecule has 3 heterocycles. The van der Waals surface area contributed by atoms with Crippen molar-refractivity contribution in [1.29, 1.82) is 0 Å². The minimum absolute atomic E-state index is 0.0664. The number of aryl methyl sites for hydroxylation is 1. The summed E-state index contributed by atoms with van der Waals surface area (Å²) in [4.78, 5) is 65.3. The number of carboxylic acids is 1. The van der Waals surface area contributed by atoms with Crippen LogP contribution in [0.1, 0.15) is 98.6 Å². The fourth-order valence-corrected chi connectivity index (χ4v) is 12.1. The predicted octanol–water partition coefficient (Wildman–Crippen LogP) is 5.56. The van der Waals surface area contributed by atoms with Crippen molar-refractivity contribution in [2.75, 3.05) is 0 Å². The number of fused-ring (bicyclic) bond motifs is 6. The molecule has 2 N–H and O–H groups in total. The highest BCUT2D eigenvalue weighted by Gasteiger charge is 2.64. The molecule has 1 aromatic heterocycles. The van der Waals surface area contributed by atoms with Crippen LogP contribution in [0, 0.1) is 36.0 Å². The third-order valence-corrected chi connectivity index (χ3v) is 14.5. The molecule has 5 fully saturated rings. The van der Waals surface area contributed by atoms with E-state index >= 15 is 0 Å². The van der Waals surface area contributed by atoms with Gasteiger partial charge in [0.05, 0.1) is 5.56 Å². The van der Waals surface area contributed by atoms with Gasteiger partial charge >= 0.3 is 11.9 Å². The number of carbonyl (C=O) groups excluding carboxylic acids is 4. The molecule has 1 aromatic carbocycles. The second-order valence-electron chi connectivity index (χ2n) is 15.9. The van der Waals surface area contributed by atoms with Gasteiger partial charge < -0.3 is 24.6 Å². The zero-order valence-corrected chi connectivity index (χ0v) is 29.6. The molecule has 4 aliphatic carbocycles. The number of hydrogen-bond acceptors (Lipinski definition) is 9. The number of allylic oxidation sites excluding steroid dienone is 1. The van der Waals surface area contributed by atoms with Crippen molar-refractivity contribution in [2.45, 2.75) is 107 Å².